The number of hydrogen-bond acceptors (Lipinski definition) is 3. The van der Waals surface area contributed by atoms with Gasteiger partial charge in [-0.2, -0.15) is 18.3 Å². The number of aromatic nitrogens is 2. The maximum absolute atomic E-state index is 12.0. The fourth-order valence-corrected chi connectivity index (χ4v) is 1.12. The molecule has 0 saturated carbocycles. The number of carbonyl (C=O) groups is 1. The van der Waals surface area contributed by atoms with E-state index >= 15 is 0 Å². The van der Waals surface area contributed by atoms with Gasteiger partial charge in [-0.1, -0.05) is 0 Å². The normalized spacial score (nSPS) is 13.5. The van der Waals surface area contributed by atoms with E-state index in [0.29, 0.717) is 5.69 Å². The average Bonchev–Trinajstić information content (AvgIpc) is 2.54. The van der Waals surface area contributed by atoms with Gasteiger partial charge in [0.25, 0.3) is 5.91 Å². The molecule has 17 heavy (non-hydrogen) atoms. The molecule has 0 radical (unpaired) electrons. The van der Waals surface area contributed by atoms with Crippen LogP contribution in [0.4, 0.5) is 13.2 Å². The summed E-state index contributed by atoms with van der Waals surface area (Å²) in [5.74, 6) is -0.695. The molecule has 0 aliphatic rings. The van der Waals surface area contributed by atoms with Gasteiger partial charge < -0.3 is 10.4 Å². The first-order valence-electron chi connectivity index (χ1n) is 4.75. The third-order valence-corrected chi connectivity index (χ3v) is 2.31. The number of nitrogens with one attached hydrogen (secondary N) is 1. The first-order valence-corrected chi connectivity index (χ1v) is 4.75. The predicted molar refractivity (Wildman–Crippen MR) is 52.3 cm³/mol. The molecular formula is C9H12F3N3O2. The van der Waals surface area contributed by atoms with E-state index in [1.54, 1.807) is 14.0 Å². The fourth-order valence-electron chi connectivity index (χ4n) is 1.12. The summed E-state index contributed by atoms with van der Waals surface area (Å²) in [5.41, 5.74) is 0.714. The molecule has 1 rings (SSSR count). The molecule has 8 heteroatoms. The maximum Gasteiger partial charge on any atom is 0.416 e. The van der Waals surface area contributed by atoms with E-state index in [2.05, 4.69) is 5.10 Å². The smallest absolute Gasteiger partial charge is 0.382 e. The van der Waals surface area contributed by atoms with Gasteiger partial charge in [-0.25, -0.2) is 0 Å². The van der Waals surface area contributed by atoms with Gasteiger partial charge in [0.05, 0.1) is 18.3 Å². The van der Waals surface area contributed by atoms with Crippen LogP contribution >= 0.6 is 0 Å². The number of aliphatic hydroxyl groups excluding tert-OH is 1. The van der Waals surface area contributed by atoms with Gasteiger partial charge in [0.1, 0.15) is 0 Å². The van der Waals surface area contributed by atoms with Crippen molar-refractivity contribution in [2.24, 2.45) is 7.05 Å². The minimum Gasteiger partial charge on any atom is -0.382 e. The zero-order valence-electron chi connectivity index (χ0n) is 9.25. The summed E-state index contributed by atoms with van der Waals surface area (Å²) in [6.45, 7) is 0.735. The highest BCUT2D eigenvalue weighted by Gasteiger charge is 2.38. The van der Waals surface area contributed by atoms with Crippen LogP contribution in [0, 0.1) is 6.92 Å². The van der Waals surface area contributed by atoms with Crippen LogP contribution in [0.25, 0.3) is 0 Å². The molecule has 5 nitrogen and oxygen atoms in total. The minimum atomic E-state index is -4.74. The van der Waals surface area contributed by atoms with Crippen LogP contribution in [0.15, 0.2) is 6.20 Å². The Morgan fingerprint density at radius 3 is 2.65 bits per heavy atom. The van der Waals surface area contributed by atoms with Gasteiger partial charge in [0.2, 0.25) is 0 Å². The number of amides is 1. The number of halogens is 3. The molecular weight excluding hydrogens is 239 g/mol. The van der Waals surface area contributed by atoms with Crippen molar-refractivity contribution in [3.63, 3.8) is 0 Å². The zero-order chi connectivity index (χ0) is 13.2. The molecule has 1 atom stereocenters. The van der Waals surface area contributed by atoms with Crippen LogP contribution in [0.3, 0.4) is 0 Å². The number of aliphatic hydroxyl groups is 1. The fraction of sp³-hybridized carbons (Fsp3) is 0.556. The van der Waals surface area contributed by atoms with Crippen molar-refractivity contribution < 1.29 is 23.1 Å². The Labute approximate surface area is 95.2 Å². The third kappa shape index (κ3) is 3.19. The molecule has 2 N–H and O–H groups in total. The lowest BCUT2D eigenvalue weighted by molar-refractivity contribution is -0.201. The van der Waals surface area contributed by atoms with E-state index in [1.165, 1.54) is 10.9 Å². The zero-order valence-corrected chi connectivity index (χ0v) is 9.25. The third-order valence-electron chi connectivity index (χ3n) is 2.31. The van der Waals surface area contributed by atoms with Crippen LogP contribution in [-0.2, 0) is 7.05 Å². The lowest BCUT2D eigenvalue weighted by Gasteiger charge is -2.14. The Kier molecular flexibility index (Phi) is 3.76. The molecule has 0 fully saturated rings. The van der Waals surface area contributed by atoms with Crippen molar-refractivity contribution in [3.05, 3.63) is 17.5 Å². The molecule has 0 bridgehead atoms. The number of carbonyl (C=O) groups excluding carboxylic acids is 1. The Hall–Kier alpha value is -1.57. The van der Waals surface area contributed by atoms with Gasteiger partial charge in [-0.05, 0) is 6.92 Å². The molecule has 1 aromatic rings. The Balaban J connectivity index is 2.60. The lowest BCUT2D eigenvalue weighted by Crippen LogP contribution is -2.40. The van der Waals surface area contributed by atoms with Crippen LogP contribution in [0.1, 0.15) is 16.1 Å². The van der Waals surface area contributed by atoms with Gasteiger partial charge in [-0.15, -0.1) is 0 Å². The average molecular weight is 251 g/mol. The molecule has 96 valence electrons. The summed E-state index contributed by atoms with van der Waals surface area (Å²) in [7, 11) is 1.61. The highest BCUT2D eigenvalue weighted by Crippen LogP contribution is 2.19. The second-order valence-electron chi connectivity index (χ2n) is 3.53. The highest BCUT2D eigenvalue weighted by molar-refractivity contribution is 5.95. The van der Waals surface area contributed by atoms with Gasteiger partial charge in [0, 0.05) is 12.7 Å². The van der Waals surface area contributed by atoms with Crippen LogP contribution in [0.2, 0.25) is 0 Å². The quantitative estimate of drug-likeness (QED) is 0.816. The van der Waals surface area contributed by atoms with Crippen molar-refractivity contribution in [1.82, 2.24) is 15.1 Å². The number of rotatable bonds is 3. The largest absolute Gasteiger partial charge is 0.416 e. The van der Waals surface area contributed by atoms with Gasteiger partial charge >= 0.3 is 6.18 Å². The second kappa shape index (κ2) is 4.74. The molecule has 0 aliphatic heterocycles. The molecule has 1 heterocycles. The van der Waals surface area contributed by atoms with Crippen molar-refractivity contribution >= 4 is 5.91 Å². The number of nitrogens with zero attached hydrogens (tertiary/aromatic N) is 2. The van der Waals surface area contributed by atoms with Crippen molar-refractivity contribution in [3.8, 4) is 0 Å². The SMILES string of the molecule is Cc1c(C(=O)NCC(O)C(F)(F)F)cnn1C. The van der Waals surface area contributed by atoms with Crippen LogP contribution < -0.4 is 5.32 Å². The molecule has 0 aliphatic carbocycles. The molecule has 0 aromatic carbocycles. The monoisotopic (exact) mass is 251 g/mol. The highest BCUT2D eigenvalue weighted by atomic mass is 19.4. The molecule has 0 spiro atoms. The molecule has 1 unspecified atom stereocenters. The van der Waals surface area contributed by atoms with E-state index < -0.39 is 24.7 Å². The van der Waals surface area contributed by atoms with E-state index in [1.807, 2.05) is 5.32 Å². The Morgan fingerprint density at radius 1 is 1.65 bits per heavy atom. The van der Waals surface area contributed by atoms with E-state index in [0.717, 1.165) is 0 Å². The minimum absolute atomic E-state index is 0.182. The summed E-state index contributed by atoms with van der Waals surface area (Å²) in [6, 6.07) is 0. The predicted octanol–water partition coefficient (Wildman–Crippen LogP) is 0.382. The molecule has 1 amide bonds. The first-order chi connectivity index (χ1) is 7.73. The maximum atomic E-state index is 12.0. The van der Waals surface area contributed by atoms with Gasteiger partial charge in [0.15, 0.2) is 6.10 Å². The molecule has 1 aromatic heterocycles. The number of alkyl halides is 3. The summed E-state index contributed by atoms with van der Waals surface area (Å²) in [4.78, 5) is 11.5. The lowest BCUT2D eigenvalue weighted by atomic mass is 10.2. The summed E-state index contributed by atoms with van der Waals surface area (Å²) in [5, 5.41) is 14.5. The summed E-state index contributed by atoms with van der Waals surface area (Å²) >= 11 is 0. The van der Waals surface area contributed by atoms with Crippen LogP contribution in [0.5, 0.6) is 0 Å². The van der Waals surface area contributed by atoms with E-state index in [4.69, 9.17) is 5.11 Å². The topological polar surface area (TPSA) is 67.2 Å². The number of hydrogen-bond donors (Lipinski definition) is 2. The second-order valence-corrected chi connectivity index (χ2v) is 3.53. The Bertz CT molecular complexity index is 414. The standard InChI is InChI=1S/C9H12F3N3O2/c1-5-6(3-14-15(5)2)8(17)13-4-7(16)9(10,11)12/h3,7,16H,4H2,1-2H3,(H,13,17). The van der Waals surface area contributed by atoms with Crippen molar-refractivity contribution in [2.75, 3.05) is 6.54 Å². The van der Waals surface area contributed by atoms with Crippen molar-refractivity contribution in [2.45, 2.75) is 19.2 Å². The number of aryl methyl sites for hydroxylation is 1. The van der Waals surface area contributed by atoms with Crippen LogP contribution in [-0.4, -0.2) is 39.6 Å². The summed E-state index contributed by atoms with van der Waals surface area (Å²) < 4.78 is 37.3. The van der Waals surface area contributed by atoms with Gasteiger partial charge in [-0.3, -0.25) is 9.48 Å². The molecule has 0 saturated heterocycles. The first kappa shape index (κ1) is 13.5. The summed E-state index contributed by atoms with van der Waals surface area (Å²) in [6.07, 6.45) is -6.05. The van der Waals surface area contributed by atoms with Crippen molar-refractivity contribution in [1.29, 1.82) is 0 Å². The van der Waals surface area contributed by atoms with E-state index in [-0.39, 0.29) is 5.56 Å². The van der Waals surface area contributed by atoms with E-state index in [9.17, 15) is 18.0 Å². The Morgan fingerprint density at radius 2 is 2.24 bits per heavy atom.